The molecule has 0 spiro atoms. The van der Waals surface area contributed by atoms with E-state index in [1.165, 1.54) is 16.7 Å². The predicted molar refractivity (Wildman–Crippen MR) is 125 cm³/mol. The number of hydrogen-bond donors (Lipinski definition) is 0. The second-order valence-electron chi connectivity index (χ2n) is 9.84. The molecule has 3 aromatic rings. The van der Waals surface area contributed by atoms with Gasteiger partial charge in [-0.05, 0) is 51.3 Å². The Kier molecular flexibility index (Phi) is 4.65. The zero-order chi connectivity index (χ0) is 21.6. The maximum Gasteiger partial charge on any atom is 0.166 e. The van der Waals surface area contributed by atoms with Gasteiger partial charge in [0.05, 0.1) is 11.3 Å². The van der Waals surface area contributed by atoms with Crippen molar-refractivity contribution in [2.24, 2.45) is 4.99 Å². The third-order valence-electron chi connectivity index (χ3n) is 5.97. The summed E-state index contributed by atoms with van der Waals surface area (Å²) in [5.74, 6) is 1.72. The van der Waals surface area contributed by atoms with Crippen LogP contribution in [-0.2, 0) is 19.4 Å². The second kappa shape index (κ2) is 7.26. The summed E-state index contributed by atoms with van der Waals surface area (Å²) in [6, 6.07) is 23.0. The van der Waals surface area contributed by atoms with Gasteiger partial charge in [-0.1, -0.05) is 60.7 Å². The van der Waals surface area contributed by atoms with Gasteiger partial charge in [-0.15, -0.1) is 0 Å². The lowest BCUT2D eigenvalue weighted by Gasteiger charge is -2.31. The van der Waals surface area contributed by atoms with Crippen LogP contribution in [0.4, 0.5) is 0 Å². The lowest BCUT2D eigenvalue weighted by atomic mass is 9.81. The fourth-order valence-corrected chi connectivity index (χ4v) is 4.72. The Bertz CT molecular complexity index is 1140. The molecule has 5 rings (SSSR count). The molecular formula is C28H29NO2. The van der Waals surface area contributed by atoms with Crippen molar-refractivity contribution in [3.63, 3.8) is 0 Å². The molecule has 0 aromatic heterocycles. The Hall–Kier alpha value is -3.07. The van der Waals surface area contributed by atoms with E-state index in [-0.39, 0.29) is 11.1 Å². The summed E-state index contributed by atoms with van der Waals surface area (Å²) in [6.45, 7) is 9.23. The van der Waals surface area contributed by atoms with E-state index in [1.807, 2.05) is 18.2 Å². The van der Waals surface area contributed by atoms with Gasteiger partial charge in [0, 0.05) is 23.1 Å². The second-order valence-corrected chi connectivity index (χ2v) is 9.84. The van der Waals surface area contributed by atoms with Crippen LogP contribution >= 0.6 is 0 Å². The maximum atomic E-state index is 6.44. The van der Waals surface area contributed by atoms with Crippen LogP contribution in [0, 0.1) is 0 Å². The molecule has 158 valence electrons. The molecule has 3 aromatic carbocycles. The summed E-state index contributed by atoms with van der Waals surface area (Å²) < 4.78 is 12.8. The standard InChI is InChI=1S/C28H29NO2/c1-27(2)16-21-15-23(30-18-19-11-7-5-8-12-19)26-22(17-28(3,4)31-26)24(21)25(29-27)20-13-9-6-10-14-20/h5-15H,16-18H2,1-4H3. The van der Waals surface area contributed by atoms with Gasteiger partial charge < -0.3 is 9.47 Å². The summed E-state index contributed by atoms with van der Waals surface area (Å²) in [5.41, 5.74) is 6.69. The smallest absolute Gasteiger partial charge is 0.166 e. The van der Waals surface area contributed by atoms with Crippen LogP contribution in [0.15, 0.2) is 71.7 Å². The number of benzene rings is 3. The topological polar surface area (TPSA) is 30.8 Å². The van der Waals surface area contributed by atoms with Crippen LogP contribution in [0.1, 0.15) is 55.5 Å². The first-order chi connectivity index (χ1) is 14.8. The first-order valence-electron chi connectivity index (χ1n) is 11.0. The molecule has 0 atom stereocenters. The highest BCUT2D eigenvalue weighted by molar-refractivity contribution is 6.16. The molecular weight excluding hydrogens is 382 g/mol. The Morgan fingerprint density at radius 2 is 1.58 bits per heavy atom. The molecule has 0 unspecified atom stereocenters. The number of nitrogens with zero attached hydrogens (tertiary/aromatic N) is 1. The average molecular weight is 412 g/mol. The molecule has 2 heterocycles. The number of fused-ring (bicyclic) bond motifs is 3. The minimum Gasteiger partial charge on any atom is -0.485 e. The van der Waals surface area contributed by atoms with Crippen LogP contribution in [0.3, 0.4) is 0 Å². The molecule has 3 nitrogen and oxygen atoms in total. The molecule has 0 N–H and O–H groups in total. The summed E-state index contributed by atoms with van der Waals surface area (Å²) in [7, 11) is 0. The molecule has 0 saturated heterocycles. The first-order valence-corrected chi connectivity index (χ1v) is 11.0. The molecule has 2 aliphatic rings. The van der Waals surface area contributed by atoms with Crippen LogP contribution in [0.2, 0.25) is 0 Å². The highest BCUT2D eigenvalue weighted by Crippen LogP contribution is 2.48. The largest absolute Gasteiger partial charge is 0.485 e. The van der Waals surface area contributed by atoms with Crippen LogP contribution in [-0.4, -0.2) is 16.9 Å². The zero-order valence-electron chi connectivity index (χ0n) is 18.7. The van der Waals surface area contributed by atoms with Crippen LogP contribution in [0.25, 0.3) is 0 Å². The Balaban J connectivity index is 1.64. The van der Waals surface area contributed by atoms with Gasteiger partial charge in [-0.25, -0.2) is 0 Å². The minimum atomic E-state index is -0.267. The minimum absolute atomic E-state index is 0.169. The van der Waals surface area contributed by atoms with Crippen molar-refractivity contribution in [2.75, 3.05) is 0 Å². The van der Waals surface area contributed by atoms with Crippen molar-refractivity contribution < 1.29 is 9.47 Å². The monoisotopic (exact) mass is 411 g/mol. The SMILES string of the molecule is CC1(C)Cc2cc(OCc3ccccc3)c3c(c2C(c2ccccc2)=N1)CC(C)(C)O3. The molecule has 2 aliphatic heterocycles. The molecule has 0 radical (unpaired) electrons. The van der Waals surface area contributed by atoms with E-state index >= 15 is 0 Å². The van der Waals surface area contributed by atoms with Gasteiger partial charge in [0.2, 0.25) is 0 Å². The van der Waals surface area contributed by atoms with Crippen molar-refractivity contribution in [3.05, 3.63) is 94.5 Å². The lowest BCUT2D eigenvalue weighted by molar-refractivity contribution is 0.131. The Labute approximate surface area is 184 Å². The molecule has 31 heavy (non-hydrogen) atoms. The molecule has 0 amide bonds. The highest BCUT2D eigenvalue weighted by Gasteiger charge is 2.39. The van der Waals surface area contributed by atoms with Crippen molar-refractivity contribution in [2.45, 2.75) is 58.3 Å². The van der Waals surface area contributed by atoms with Crippen molar-refractivity contribution >= 4 is 5.71 Å². The number of hydrogen-bond acceptors (Lipinski definition) is 3. The third-order valence-corrected chi connectivity index (χ3v) is 5.97. The molecule has 0 fully saturated rings. The van der Waals surface area contributed by atoms with Crippen molar-refractivity contribution in [3.8, 4) is 11.5 Å². The normalized spacial score (nSPS) is 17.9. The average Bonchev–Trinajstić information content (AvgIpc) is 3.07. The van der Waals surface area contributed by atoms with Gasteiger partial charge in [-0.3, -0.25) is 4.99 Å². The molecule has 0 aliphatic carbocycles. The Morgan fingerprint density at radius 3 is 2.29 bits per heavy atom. The number of rotatable bonds is 4. The lowest BCUT2D eigenvalue weighted by Crippen LogP contribution is -2.30. The van der Waals surface area contributed by atoms with Crippen molar-refractivity contribution in [1.82, 2.24) is 0 Å². The predicted octanol–water partition coefficient (Wildman–Crippen LogP) is 6.15. The van der Waals surface area contributed by atoms with E-state index in [0.29, 0.717) is 6.61 Å². The third kappa shape index (κ3) is 3.85. The maximum absolute atomic E-state index is 6.44. The van der Waals surface area contributed by atoms with Gasteiger partial charge >= 0.3 is 0 Å². The summed E-state index contributed by atoms with van der Waals surface area (Å²) in [5, 5.41) is 0. The molecule has 0 bridgehead atoms. The van der Waals surface area contributed by atoms with E-state index < -0.39 is 0 Å². The van der Waals surface area contributed by atoms with Gasteiger partial charge in [0.15, 0.2) is 11.5 Å². The van der Waals surface area contributed by atoms with Gasteiger partial charge in [0.25, 0.3) is 0 Å². The first kappa shape index (κ1) is 19.9. The number of ether oxygens (including phenoxy) is 2. The highest BCUT2D eigenvalue weighted by atomic mass is 16.5. The van der Waals surface area contributed by atoms with E-state index in [2.05, 4.69) is 76.2 Å². The fourth-order valence-electron chi connectivity index (χ4n) is 4.72. The zero-order valence-corrected chi connectivity index (χ0v) is 18.7. The van der Waals surface area contributed by atoms with Gasteiger partial charge in [0.1, 0.15) is 12.2 Å². The quantitative estimate of drug-likeness (QED) is 0.515. The van der Waals surface area contributed by atoms with Crippen molar-refractivity contribution in [1.29, 1.82) is 0 Å². The summed E-state index contributed by atoms with van der Waals surface area (Å²) >= 11 is 0. The molecule has 3 heteroatoms. The van der Waals surface area contributed by atoms with Crippen LogP contribution in [0.5, 0.6) is 11.5 Å². The fraction of sp³-hybridized carbons (Fsp3) is 0.321. The summed E-state index contributed by atoms with van der Waals surface area (Å²) in [4.78, 5) is 5.19. The van der Waals surface area contributed by atoms with Gasteiger partial charge in [-0.2, -0.15) is 0 Å². The van der Waals surface area contributed by atoms with E-state index in [1.54, 1.807) is 0 Å². The van der Waals surface area contributed by atoms with E-state index in [9.17, 15) is 0 Å². The molecule has 0 saturated carbocycles. The van der Waals surface area contributed by atoms with E-state index in [4.69, 9.17) is 14.5 Å². The van der Waals surface area contributed by atoms with Crippen LogP contribution < -0.4 is 9.47 Å². The summed E-state index contributed by atoms with van der Waals surface area (Å²) in [6.07, 6.45) is 1.73. The van der Waals surface area contributed by atoms with E-state index in [0.717, 1.165) is 41.2 Å². The Morgan fingerprint density at radius 1 is 0.903 bits per heavy atom. The number of aliphatic imine (C=N–C) groups is 1.